The quantitative estimate of drug-likeness (QED) is 0.612. The van der Waals surface area contributed by atoms with Gasteiger partial charge in [0.1, 0.15) is 5.92 Å². The second kappa shape index (κ2) is 10.3. The Morgan fingerprint density at radius 2 is 1.68 bits per heavy atom. The summed E-state index contributed by atoms with van der Waals surface area (Å²) in [6, 6.07) is 11.9. The van der Waals surface area contributed by atoms with Crippen LogP contribution in [0.15, 0.2) is 59.8 Å². The Balaban J connectivity index is 1.91. The molecule has 0 bridgehead atoms. The molecule has 4 rings (SSSR count). The Bertz CT molecular complexity index is 1340. The van der Waals surface area contributed by atoms with Crippen LogP contribution in [0.1, 0.15) is 29.5 Å². The topological polar surface area (TPSA) is 105 Å². The van der Waals surface area contributed by atoms with E-state index in [9.17, 15) is 37.9 Å². The van der Waals surface area contributed by atoms with Crippen molar-refractivity contribution in [3.05, 3.63) is 76.5 Å². The fraction of sp³-hybridized carbons (Fsp3) is 0.333. The van der Waals surface area contributed by atoms with Crippen LogP contribution in [-0.4, -0.2) is 65.9 Å². The highest BCUT2D eigenvalue weighted by Gasteiger charge is 2.49. The van der Waals surface area contributed by atoms with Gasteiger partial charge in [0.25, 0.3) is 0 Å². The number of carboxylic acid groups (broad SMARTS) is 1. The van der Waals surface area contributed by atoms with Crippen molar-refractivity contribution < 1.29 is 32.7 Å². The zero-order valence-corrected chi connectivity index (χ0v) is 20.7. The summed E-state index contributed by atoms with van der Waals surface area (Å²) in [6.45, 7) is 3.06. The van der Waals surface area contributed by atoms with Gasteiger partial charge in [0.05, 0.1) is 22.8 Å². The lowest BCUT2D eigenvalue weighted by atomic mass is 9.75. The minimum atomic E-state index is -4.69. The van der Waals surface area contributed by atoms with Crippen molar-refractivity contribution in [2.24, 2.45) is 5.92 Å². The van der Waals surface area contributed by atoms with E-state index in [1.807, 2.05) is 18.0 Å². The lowest BCUT2D eigenvalue weighted by Gasteiger charge is -2.41. The summed E-state index contributed by atoms with van der Waals surface area (Å²) >= 11 is 0. The Hall–Kier alpha value is -4.17. The number of hydrogen-bond donors (Lipinski definition) is 1. The third-order valence-corrected chi connectivity index (χ3v) is 7.00. The molecule has 2 amide bonds. The Morgan fingerprint density at radius 3 is 2.24 bits per heavy atom. The van der Waals surface area contributed by atoms with Crippen molar-refractivity contribution in [2.45, 2.75) is 19.0 Å². The zero-order chi connectivity index (χ0) is 27.8. The number of halogens is 3. The molecule has 0 aromatic heterocycles. The Labute approximate surface area is 217 Å². The summed E-state index contributed by atoms with van der Waals surface area (Å²) in [7, 11) is 1.89. The van der Waals surface area contributed by atoms with E-state index < -0.39 is 41.4 Å². The number of nitriles is 1. The van der Waals surface area contributed by atoms with Gasteiger partial charge in [0.2, 0.25) is 11.8 Å². The van der Waals surface area contributed by atoms with Gasteiger partial charge in [-0.05, 0) is 49.9 Å². The van der Waals surface area contributed by atoms with Crippen LogP contribution in [0.2, 0.25) is 0 Å². The number of amides is 2. The third kappa shape index (κ3) is 4.99. The molecule has 198 valence electrons. The molecule has 0 saturated carbocycles. The van der Waals surface area contributed by atoms with Gasteiger partial charge in [-0.1, -0.05) is 18.2 Å². The van der Waals surface area contributed by atoms with Crippen molar-refractivity contribution in [1.29, 1.82) is 5.26 Å². The van der Waals surface area contributed by atoms with Crippen LogP contribution in [0.3, 0.4) is 0 Å². The highest BCUT2D eigenvalue weighted by Crippen LogP contribution is 2.44. The molecule has 2 unspecified atom stereocenters. The second-order valence-electron chi connectivity index (χ2n) is 9.34. The molecule has 2 heterocycles. The number of hydrogen-bond acceptors (Lipinski definition) is 5. The first-order valence-corrected chi connectivity index (χ1v) is 11.9. The monoisotopic (exact) mass is 526 g/mol. The lowest BCUT2D eigenvalue weighted by molar-refractivity contribution is -0.144. The molecule has 1 fully saturated rings. The van der Waals surface area contributed by atoms with Crippen LogP contribution in [0.25, 0.3) is 0 Å². The molecule has 0 spiro atoms. The number of anilines is 1. The number of piperazine rings is 1. The molecule has 8 nitrogen and oxygen atoms in total. The van der Waals surface area contributed by atoms with Crippen molar-refractivity contribution in [1.82, 2.24) is 9.80 Å². The molecule has 38 heavy (non-hydrogen) atoms. The molecule has 2 aliphatic rings. The van der Waals surface area contributed by atoms with E-state index in [4.69, 9.17) is 0 Å². The molecule has 2 aromatic carbocycles. The van der Waals surface area contributed by atoms with E-state index >= 15 is 0 Å². The van der Waals surface area contributed by atoms with Gasteiger partial charge >= 0.3 is 12.1 Å². The van der Waals surface area contributed by atoms with Gasteiger partial charge in [-0.2, -0.15) is 18.4 Å². The number of alkyl halides is 3. The van der Waals surface area contributed by atoms with E-state index in [2.05, 4.69) is 0 Å². The minimum Gasteiger partial charge on any atom is -0.478 e. The first-order chi connectivity index (χ1) is 17.9. The highest BCUT2D eigenvalue weighted by molar-refractivity contribution is 6.14. The van der Waals surface area contributed by atoms with E-state index in [0.717, 1.165) is 23.1 Å². The number of carbonyl (C=O) groups excluding carboxylic acids is 2. The van der Waals surface area contributed by atoms with Gasteiger partial charge in [-0.3, -0.25) is 14.5 Å². The molecule has 0 radical (unpaired) electrons. The molecule has 1 N–H and O–H groups in total. The largest absolute Gasteiger partial charge is 0.478 e. The zero-order valence-electron chi connectivity index (χ0n) is 20.7. The number of rotatable bonds is 4. The number of benzene rings is 2. The van der Waals surface area contributed by atoms with E-state index in [1.165, 1.54) is 42.2 Å². The maximum Gasteiger partial charge on any atom is 0.416 e. The maximum atomic E-state index is 14.0. The summed E-state index contributed by atoms with van der Waals surface area (Å²) in [6.07, 6.45) is -4.69. The Morgan fingerprint density at radius 1 is 1.05 bits per heavy atom. The second-order valence-corrected chi connectivity index (χ2v) is 9.34. The minimum absolute atomic E-state index is 0.0846. The predicted octanol–water partition coefficient (Wildman–Crippen LogP) is 3.46. The summed E-state index contributed by atoms with van der Waals surface area (Å²) in [5.74, 6) is -5.55. The number of nitrogens with zero attached hydrogens (tertiary/aromatic N) is 4. The van der Waals surface area contributed by atoms with Gasteiger partial charge in [0, 0.05) is 43.5 Å². The van der Waals surface area contributed by atoms with Gasteiger partial charge in [-0.15, -0.1) is 0 Å². The van der Waals surface area contributed by atoms with Crippen LogP contribution >= 0.6 is 0 Å². The number of likely N-dealkylation sites (N-methyl/N-ethyl adjacent to an activating group) is 1. The molecular weight excluding hydrogens is 501 g/mol. The van der Waals surface area contributed by atoms with E-state index in [1.54, 1.807) is 0 Å². The number of carboxylic acids is 1. The molecule has 2 aliphatic heterocycles. The molecule has 11 heteroatoms. The highest BCUT2D eigenvalue weighted by atomic mass is 19.4. The van der Waals surface area contributed by atoms with Crippen LogP contribution < -0.4 is 4.90 Å². The first kappa shape index (κ1) is 26.9. The average Bonchev–Trinajstić information content (AvgIpc) is 2.88. The first-order valence-electron chi connectivity index (χ1n) is 11.9. The van der Waals surface area contributed by atoms with E-state index in [0.29, 0.717) is 37.3 Å². The normalized spacial score (nSPS) is 20.9. The predicted molar refractivity (Wildman–Crippen MR) is 131 cm³/mol. The van der Waals surface area contributed by atoms with Gasteiger partial charge in [-0.25, -0.2) is 4.79 Å². The van der Waals surface area contributed by atoms with Gasteiger partial charge < -0.3 is 14.9 Å². The van der Waals surface area contributed by atoms with Crippen molar-refractivity contribution in [3.63, 3.8) is 0 Å². The fourth-order valence-electron chi connectivity index (χ4n) is 4.98. The van der Waals surface area contributed by atoms with Crippen LogP contribution in [0, 0.1) is 17.2 Å². The smallest absolute Gasteiger partial charge is 0.416 e. The molecule has 2 atom stereocenters. The maximum absolute atomic E-state index is 14.0. The molecule has 2 aromatic rings. The number of aliphatic carboxylic acids is 1. The van der Waals surface area contributed by atoms with Crippen LogP contribution in [0.5, 0.6) is 0 Å². The fourth-order valence-corrected chi connectivity index (χ4v) is 4.98. The van der Waals surface area contributed by atoms with Crippen LogP contribution in [-0.2, 0) is 20.6 Å². The van der Waals surface area contributed by atoms with Crippen LogP contribution in [0.4, 0.5) is 18.9 Å². The lowest BCUT2D eigenvalue weighted by Crippen LogP contribution is -2.55. The van der Waals surface area contributed by atoms with Crippen molar-refractivity contribution in [3.8, 4) is 6.07 Å². The molecular formula is C27H25F3N4O4. The average molecular weight is 527 g/mol. The summed E-state index contributed by atoms with van der Waals surface area (Å²) < 4.78 is 40.4. The van der Waals surface area contributed by atoms with Gasteiger partial charge in [0.15, 0.2) is 0 Å². The number of allylic oxidation sites excluding steroid dienone is 1. The van der Waals surface area contributed by atoms with Crippen molar-refractivity contribution >= 4 is 23.5 Å². The number of carbonyl (C=O) groups is 3. The van der Waals surface area contributed by atoms with E-state index in [-0.39, 0.29) is 17.0 Å². The summed E-state index contributed by atoms with van der Waals surface area (Å²) in [5, 5.41) is 19.4. The van der Waals surface area contributed by atoms with Crippen molar-refractivity contribution in [2.75, 3.05) is 38.1 Å². The summed E-state index contributed by atoms with van der Waals surface area (Å²) in [4.78, 5) is 44.9. The standard InChI is InChI=1S/C27H25F3N4O4/c1-16-21(26(37)38)22(18-8-6-17(15-31)7-9-18)23(24(35)33-12-10-32(2)11-13-33)25(36)34(16)20-5-3-4-19(14-20)27(28,29)30/h3-9,14,22-23H,10-13H2,1-2H3,(H,37,38). The SMILES string of the molecule is CC1=C(C(=O)O)C(c2ccc(C#N)cc2)C(C(=O)N2CCN(C)CC2)C(=O)N1c1cccc(C(F)(F)F)c1. The molecule has 0 aliphatic carbocycles. The summed E-state index contributed by atoms with van der Waals surface area (Å²) in [5.41, 5.74) is -0.914. The Kier molecular flexibility index (Phi) is 7.29. The third-order valence-electron chi connectivity index (χ3n) is 7.00. The molecule has 1 saturated heterocycles.